The second-order valence-corrected chi connectivity index (χ2v) is 5.36. The maximum Gasteiger partial charge on any atom is 0.252 e. The van der Waals surface area contributed by atoms with Crippen molar-refractivity contribution in [2.45, 2.75) is 32.4 Å². The van der Waals surface area contributed by atoms with Crippen molar-refractivity contribution < 1.29 is 9.90 Å². The molecule has 1 aromatic carbocycles. The first-order valence-electron chi connectivity index (χ1n) is 6.51. The first-order valence-corrected chi connectivity index (χ1v) is 6.89. The minimum atomic E-state index is -0.455. The van der Waals surface area contributed by atoms with Crippen molar-refractivity contribution >= 4 is 28.4 Å². The van der Waals surface area contributed by atoms with Gasteiger partial charge in [-0.25, -0.2) is 4.98 Å². The Bertz CT molecular complexity index is 628. The first kappa shape index (κ1) is 14.8. The molecule has 0 aliphatic heterocycles. The molecule has 5 heteroatoms. The minimum Gasteiger partial charge on any atom is -0.393 e. The highest BCUT2D eigenvalue weighted by Crippen LogP contribution is 2.20. The maximum atomic E-state index is 12.3. The molecule has 4 nitrogen and oxygen atoms in total. The van der Waals surface area contributed by atoms with Crippen molar-refractivity contribution in [2.75, 3.05) is 0 Å². The number of hydrogen-bond acceptors (Lipinski definition) is 3. The van der Waals surface area contributed by atoms with Crippen LogP contribution in [-0.2, 0) is 0 Å². The van der Waals surface area contributed by atoms with Crippen LogP contribution in [0.1, 0.15) is 30.6 Å². The monoisotopic (exact) mass is 292 g/mol. The van der Waals surface area contributed by atoms with Crippen LogP contribution >= 0.6 is 11.6 Å². The van der Waals surface area contributed by atoms with Gasteiger partial charge >= 0.3 is 0 Å². The number of aliphatic hydroxyl groups is 1. The van der Waals surface area contributed by atoms with Crippen molar-refractivity contribution in [3.8, 4) is 0 Å². The zero-order chi connectivity index (χ0) is 14.7. The topological polar surface area (TPSA) is 62.2 Å². The molecule has 0 aliphatic carbocycles. The van der Waals surface area contributed by atoms with Crippen LogP contribution in [0.25, 0.3) is 10.9 Å². The third-order valence-corrected chi connectivity index (χ3v) is 3.20. The maximum absolute atomic E-state index is 12.3. The number of halogens is 1. The van der Waals surface area contributed by atoms with E-state index in [1.54, 1.807) is 13.0 Å². The summed E-state index contributed by atoms with van der Waals surface area (Å²) in [6, 6.07) is 8.81. The normalized spacial score (nSPS) is 14.0. The molecule has 2 N–H and O–H groups in total. The summed E-state index contributed by atoms with van der Waals surface area (Å²) in [5.74, 6) is -0.210. The first-order chi connectivity index (χ1) is 9.47. The highest BCUT2D eigenvalue weighted by Gasteiger charge is 2.15. The van der Waals surface area contributed by atoms with E-state index in [1.807, 2.05) is 31.2 Å². The van der Waals surface area contributed by atoms with Crippen LogP contribution in [0.4, 0.5) is 0 Å². The van der Waals surface area contributed by atoms with Gasteiger partial charge in [0.1, 0.15) is 5.15 Å². The molecule has 0 fully saturated rings. The quantitative estimate of drug-likeness (QED) is 0.852. The summed E-state index contributed by atoms with van der Waals surface area (Å²) in [5, 5.41) is 13.3. The highest BCUT2D eigenvalue weighted by molar-refractivity contribution is 6.30. The zero-order valence-electron chi connectivity index (χ0n) is 11.4. The lowest BCUT2D eigenvalue weighted by molar-refractivity contribution is 0.0924. The van der Waals surface area contributed by atoms with Gasteiger partial charge in [0.2, 0.25) is 0 Å². The lowest BCUT2D eigenvalue weighted by atomic mass is 10.1. The van der Waals surface area contributed by atoms with Crippen molar-refractivity contribution in [3.63, 3.8) is 0 Å². The van der Waals surface area contributed by atoms with Gasteiger partial charge in [-0.2, -0.15) is 0 Å². The number of rotatable bonds is 4. The van der Waals surface area contributed by atoms with Crippen molar-refractivity contribution in [3.05, 3.63) is 41.0 Å². The zero-order valence-corrected chi connectivity index (χ0v) is 12.2. The Kier molecular flexibility index (Phi) is 4.57. The number of aliphatic hydroxyl groups excluding tert-OH is 1. The Morgan fingerprint density at radius 1 is 1.40 bits per heavy atom. The number of benzene rings is 1. The lowest BCUT2D eigenvalue weighted by Gasteiger charge is -2.16. The molecule has 1 heterocycles. The molecule has 1 amide bonds. The molecular weight excluding hydrogens is 276 g/mol. The molecule has 0 radical (unpaired) electrons. The predicted molar refractivity (Wildman–Crippen MR) is 80.0 cm³/mol. The van der Waals surface area contributed by atoms with E-state index in [2.05, 4.69) is 10.3 Å². The van der Waals surface area contributed by atoms with Gasteiger partial charge in [0.15, 0.2) is 0 Å². The average molecular weight is 293 g/mol. The number of carbonyl (C=O) groups excluding carboxylic acids is 1. The molecule has 2 rings (SSSR count). The fourth-order valence-corrected chi connectivity index (χ4v) is 2.40. The number of nitrogens with one attached hydrogen (secondary N) is 1. The number of amides is 1. The summed E-state index contributed by atoms with van der Waals surface area (Å²) in [6.45, 7) is 3.55. The smallest absolute Gasteiger partial charge is 0.252 e. The molecule has 20 heavy (non-hydrogen) atoms. The number of pyridine rings is 1. The van der Waals surface area contributed by atoms with Crippen LogP contribution in [0.15, 0.2) is 30.3 Å². The van der Waals surface area contributed by atoms with E-state index >= 15 is 0 Å². The summed E-state index contributed by atoms with van der Waals surface area (Å²) in [7, 11) is 0. The van der Waals surface area contributed by atoms with E-state index < -0.39 is 6.10 Å². The second kappa shape index (κ2) is 6.20. The van der Waals surface area contributed by atoms with Crippen LogP contribution in [0, 0.1) is 0 Å². The van der Waals surface area contributed by atoms with Gasteiger partial charge in [0, 0.05) is 11.4 Å². The fraction of sp³-hybridized carbons (Fsp3) is 0.333. The summed E-state index contributed by atoms with van der Waals surface area (Å²) in [6.07, 6.45) is 0.0470. The van der Waals surface area contributed by atoms with E-state index in [9.17, 15) is 9.90 Å². The van der Waals surface area contributed by atoms with E-state index in [-0.39, 0.29) is 17.1 Å². The van der Waals surface area contributed by atoms with Crippen LogP contribution in [0.3, 0.4) is 0 Å². The number of hydrogen-bond donors (Lipinski definition) is 2. The Balaban J connectivity index is 2.30. The third kappa shape index (κ3) is 3.46. The van der Waals surface area contributed by atoms with Gasteiger partial charge in [0.25, 0.3) is 5.91 Å². The average Bonchev–Trinajstić information content (AvgIpc) is 2.36. The summed E-state index contributed by atoms with van der Waals surface area (Å²) in [5.41, 5.74) is 1.19. The minimum absolute atomic E-state index is 0.117. The molecule has 0 bridgehead atoms. The number of carbonyl (C=O) groups is 1. The van der Waals surface area contributed by atoms with Crippen LogP contribution < -0.4 is 5.32 Å². The van der Waals surface area contributed by atoms with Crippen molar-refractivity contribution in [1.82, 2.24) is 10.3 Å². The Hall–Kier alpha value is -1.65. The molecule has 2 atom stereocenters. The van der Waals surface area contributed by atoms with E-state index in [0.717, 1.165) is 5.39 Å². The van der Waals surface area contributed by atoms with Gasteiger partial charge in [-0.1, -0.05) is 29.8 Å². The fourth-order valence-electron chi connectivity index (χ4n) is 2.20. The van der Waals surface area contributed by atoms with E-state index in [0.29, 0.717) is 17.5 Å². The van der Waals surface area contributed by atoms with Gasteiger partial charge in [-0.15, -0.1) is 0 Å². The molecule has 106 valence electrons. The highest BCUT2D eigenvalue weighted by atomic mass is 35.5. The van der Waals surface area contributed by atoms with E-state index in [4.69, 9.17) is 11.6 Å². The van der Waals surface area contributed by atoms with Crippen LogP contribution in [-0.4, -0.2) is 28.1 Å². The summed E-state index contributed by atoms with van der Waals surface area (Å²) in [4.78, 5) is 16.5. The molecule has 0 spiro atoms. The number of para-hydroxylation sites is 1. The Morgan fingerprint density at radius 2 is 2.10 bits per heavy atom. The summed E-state index contributed by atoms with van der Waals surface area (Å²) < 4.78 is 0. The van der Waals surface area contributed by atoms with Gasteiger partial charge in [0.05, 0.1) is 17.2 Å². The number of fused-ring (bicyclic) bond motifs is 1. The van der Waals surface area contributed by atoms with Crippen LogP contribution in [0.2, 0.25) is 5.15 Å². The molecule has 1 aromatic heterocycles. The third-order valence-electron chi connectivity index (χ3n) is 3.00. The molecule has 2 unspecified atom stereocenters. The van der Waals surface area contributed by atoms with Crippen molar-refractivity contribution in [2.24, 2.45) is 0 Å². The van der Waals surface area contributed by atoms with Crippen molar-refractivity contribution in [1.29, 1.82) is 0 Å². The molecule has 0 aliphatic rings. The Labute approximate surface area is 122 Å². The Morgan fingerprint density at radius 3 is 2.80 bits per heavy atom. The van der Waals surface area contributed by atoms with E-state index in [1.165, 1.54) is 0 Å². The summed E-state index contributed by atoms with van der Waals surface area (Å²) >= 11 is 5.96. The second-order valence-electron chi connectivity index (χ2n) is 4.97. The van der Waals surface area contributed by atoms with Gasteiger partial charge in [-0.05, 0) is 32.4 Å². The number of aromatic nitrogens is 1. The van der Waals surface area contributed by atoms with Gasteiger partial charge in [-0.3, -0.25) is 4.79 Å². The van der Waals surface area contributed by atoms with Crippen LogP contribution in [0.5, 0.6) is 0 Å². The lowest BCUT2D eigenvalue weighted by Crippen LogP contribution is -2.34. The molecular formula is C15H17ClN2O2. The molecule has 0 saturated carbocycles. The largest absolute Gasteiger partial charge is 0.393 e. The van der Waals surface area contributed by atoms with Gasteiger partial charge < -0.3 is 10.4 Å². The molecule has 0 saturated heterocycles. The number of nitrogens with zero attached hydrogens (tertiary/aromatic N) is 1. The SMILES string of the molecule is CC(O)CC(C)NC(=O)c1cc(Cl)nc2ccccc12. The molecule has 2 aromatic rings. The standard InChI is InChI=1S/C15H17ClN2O2/c1-9(7-10(2)19)17-15(20)12-8-14(16)18-13-6-4-3-5-11(12)13/h3-6,8-10,19H,7H2,1-2H3,(H,17,20). The predicted octanol–water partition coefficient (Wildman–Crippen LogP) is 2.78.